The van der Waals surface area contributed by atoms with E-state index in [9.17, 15) is 9.18 Å². The zero-order valence-corrected chi connectivity index (χ0v) is 16.1. The van der Waals surface area contributed by atoms with Crippen LogP contribution in [0.3, 0.4) is 0 Å². The number of methoxy groups -OCH3 is 1. The van der Waals surface area contributed by atoms with Gasteiger partial charge in [-0.2, -0.15) is 0 Å². The van der Waals surface area contributed by atoms with Crippen LogP contribution in [0.4, 0.5) is 9.52 Å². The number of hydrogen-bond acceptors (Lipinski definition) is 6. The van der Waals surface area contributed by atoms with Crippen LogP contribution in [0.5, 0.6) is 0 Å². The molecule has 0 bridgehead atoms. The lowest BCUT2D eigenvalue weighted by Gasteiger charge is -2.04. The summed E-state index contributed by atoms with van der Waals surface area (Å²) in [6, 6.07) is 8.78. The topological polar surface area (TPSA) is 51.2 Å². The van der Waals surface area contributed by atoms with Crippen molar-refractivity contribution in [1.29, 1.82) is 0 Å². The highest BCUT2D eigenvalue weighted by atomic mass is 32.1. The number of benzene rings is 1. The summed E-state index contributed by atoms with van der Waals surface area (Å²) in [5.41, 5.74) is 1.40. The second-order valence-electron chi connectivity index (χ2n) is 5.43. The van der Waals surface area contributed by atoms with E-state index in [4.69, 9.17) is 4.74 Å². The molecule has 0 radical (unpaired) electrons. The summed E-state index contributed by atoms with van der Waals surface area (Å²) in [7, 11) is 1.53. The van der Waals surface area contributed by atoms with E-state index in [-0.39, 0.29) is 18.3 Å². The minimum atomic E-state index is -0.348. The van der Waals surface area contributed by atoms with Gasteiger partial charge >= 0.3 is 0 Å². The van der Waals surface area contributed by atoms with E-state index in [0.29, 0.717) is 21.0 Å². The lowest BCUT2D eigenvalue weighted by molar-refractivity contribution is 0.102. The first kappa shape index (κ1) is 17.3. The van der Waals surface area contributed by atoms with Gasteiger partial charge < -0.3 is 4.74 Å². The van der Waals surface area contributed by atoms with Gasteiger partial charge in [-0.05, 0) is 23.6 Å². The zero-order valence-electron chi connectivity index (χ0n) is 13.6. The molecule has 0 saturated heterocycles. The molecule has 0 fully saturated rings. The van der Waals surface area contributed by atoms with Crippen molar-refractivity contribution in [2.45, 2.75) is 6.61 Å². The molecule has 0 aliphatic heterocycles. The Kier molecular flexibility index (Phi) is 4.82. The maximum absolute atomic E-state index is 14.2. The summed E-state index contributed by atoms with van der Waals surface area (Å²) in [6.07, 6.45) is 0. The molecule has 8 heteroatoms. The molecule has 26 heavy (non-hydrogen) atoms. The third-order valence-electron chi connectivity index (χ3n) is 3.76. The molecular formula is C18H13FN2O2S3. The van der Waals surface area contributed by atoms with Crippen molar-refractivity contribution in [1.82, 2.24) is 4.98 Å². The average Bonchev–Trinajstić information content (AvgIpc) is 3.34. The minimum Gasteiger partial charge on any atom is -0.380 e. The van der Waals surface area contributed by atoms with Gasteiger partial charge in [-0.1, -0.05) is 12.1 Å². The molecular weight excluding hydrogens is 391 g/mol. The van der Waals surface area contributed by atoms with Crippen molar-refractivity contribution in [3.8, 4) is 10.6 Å². The van der Waals surface area contributed by atoms with E-state index >= 15 is 0 Å². The molecule has 1 amide bonds. The molecule has 4 rings (SSSR count). The number of amides is 1. The lowest BCUT2D eigenvalue weighted by Crippen LogP contribution is -2.12. The molecule has 0 atom stereocenters. The Labute approximate surface area is 160 Å². The quantitative estimate of drug-likeness (QED) is 0.469. The number of fused-ring (bicyclic) bond motifs is 1. The Morgan fingerprint density at radius 3 is 2.92 bits per heavy atom. The largest absolute Gasteiger partial charge is 0.380 e. The van der Waals surface area contributed by atoms with Crippen LogP contribution < -0.4 is 5.32 Å². The van der Waals surface area contributed by atoms with Crippen LogP contribution in [-0.4, -0.2) is 18.0 Å². The molecule has 1 N–H and O–H groups in total. The van der Waals surface area contributed by atoms with E-state index in [1.165, 1.54) is 35.8 Å². The van der Waals surface area contributed by atoms with Gasteiger partial charge in [-0.25, -0.2) is 9.37 Å². The second kappa shape index (κ2) is 7.24. The number of carbonyl (C=O) groups excluding carboxylic acids is 1. The number of hydrogen-bond donors (Lipinski definition) is 1. The molecule has 0 spiro atoms. The molecule has 1 aromatic carbocycles. The summed E-state index contributed by atoms with van der Waals surface area (Å²) in [5.74, 6) is -0.649. The van der Waals surface area contributed by atoms with Gasteiger partial charge in [-0.3, -0.25) is 10.1 Å². The smallest absolute Gasteiger partial charge is 0.267 e. The van der Waals surface area contributed by atoms with Crippen LogP contribution in [0, 0.1) is 5.82 Å². The van der Waals surface area contributed by atoms with E-state index in [2.05, 4.69) is 10.3 Å². The first-order chi connectivity index (χ1) is 12.7. The fraction of sp³-hybridized carbons (Fsp3) is 0.111. The van der Waals surface area contributed by atoms with Crippen LogP contribution in [0.1, 0.15) is 15.2 Å². The number of carbonyl (C=O) groups is 1. The summed E-state index contributed by atoms with van der Waals surface area (Å²) in [5, 5.41) is 7.67. The highest BCUT2D eigenvalue weighted by Gasteiger charge is 2.21. The maximum Gasteiger partial charge on any atom is 0.267 e. The molecule has 4 aromatic rings. The summed E-state index contributed by atoms with van der Waals surface area (Å²) in [6.45, 7) is 0.169. The van der Waals surface area contributed by atoms with E-state index in [0.717, 1.165) is 15.3 Å². The fourth-order valence-electron chi connectivity index (χ4n) is 2.66. The highest BCUT2D eigenvalue weighted by molar-refractivity contribution is 7.21. The number of ether oxygens (including phenoxy) is 1. The SMILES string of the molecule is COCc1c(C(=O)Nc2nc(-c3cccs3)cs2)sc2cccc(F)c12. The number of nitrogens with zero attached hydrogens (tertiary/aromatic N) is 1. The van der Waals surface area contributed by atoms with Gasteiger partial charge in [0.05, 0.1) is 22.1 Å². The van der Waals surface area contributed by atoms with Gasteiger partial charge in [-0.15, -0.1) is 34.0 Å². The number of aromatic nitrogens is 1. The van der Waals surface area contributed by atoms with Gasteiger partial charge in [0.15, 0.2) is 5.13 Å². The Hall–Kier alpha value is -2.13. The van der Waals surface area contributed by atoms with Crippen molar-refractivity contribution >= 4 is 55.1 Å². The Bertz CT molecular complexity index is 1070. The zero-order chi connectivity index (χ0) is 18.1. The van der Waals surface area contributed by atoms with E-state index in [1.54, 1.807) is 23.5 Å². The normalized spacial score (nSPS) is 11.2. The number of thiazole rings is 1. The Balaban J connectivity index is 1.66. The summed E-state index contributed by atoms with van der Waals surface area (Å²) in [4.78, 5) is 18.7. The Morgan fingerprint density at radius 2 is 2.15 bits per heavy atom. The van der Waals surface area contributed by atoms with Gasteiger partial charge in [0.1, 0.15) is 5.82 Å². The molecule has 132 valence electrons. The first-order valence-corrected chi connectivity index (χ1v) is 10.2. The molecule has 3 heterocycles. The first-order valence-electron chi connectivity index (χ1n) is 7.67. The maximum atomic E-state index is 14.2. The monoisotopic (exact) mass is 404 g/mol. The fourth-order valence-corrected chi connectivity index (χ4v) is 5.24. The van der Waals surface area contributed by atoms with Crippen LogP contribution in [0.25, 0.3) is 20.7 Å². The molecule has 3 aromatic heterocycles. The van der Waals surface area contributed by atoms with Crippen LogP contribution in [-0.2, 0) is 11.3 Å². The van der Waals surface area contributed by atoms with Crippen LogP contribution in [0.15, 0.2) is 41.1 Å². The molecule has 4 nitrogen and oxygen atoms in total. The molecule has 0 aliphatic carbocycles. The van der Waals surface area contributed by atoms with Crippen LogP contribution in [0.2, 0.25) is 0 Å². The minimum absolute atomic E-state index is 0.169. The van der Waals surface area contributed by atoms with Crippen molar-refractivity contribution < 1.29 is 13.9 Å². The number of anilines is 1. The number of halogens is 1. The van der Waals surface area contributed by atoms with Crippen LogP contribution >= 0.6 is 34.0 Å². The third kappa shape index (κ3) is 3.16. The third-order valence-corrected chi connectivity index (χ3v) is 6.60. The Morgan fingerprint density at radius 1 is 1.27 bits per heavy atom. The van der Waals surface area contributed by atoms with Crippen molar-refractivity contribution in [2.75, 3.05) is 12.4 Å². The summed E-state index contributed by atoms with van der Waals surface area (Å²) >= 11 is 4.21. The molecule has 0 saturated carbocycles. The second-order valence-corrected chi connectivity index (χ2v) is 8.28. The van der Waals surface area contributed by atoms with Crippen molar-refractivity contribution in [2.24, 2.45) is 0 Å². The van der Waals surface area contributed by atoms with Gasteiger partial charge in [0.25, 0.3) is 5.91 Å². The van der Waals surface area contributed by atoms with Crippen molar-refractivity contribution in [3.05, 3.63) is 57.3 Å². The predicted molar refractivity (Wildman–Crippen MR) is 106 cm³/mol. The lowest BCUT2D eigenvalue weighted by atomic mass is 10.1. The predicted octanol–water partition coefficient (Wildman–Crippen LogP) is 5.62. The average molecular weight is 405 g/mol. The van der Waals surface area contributed by atoms with E-state index in [1.807, 2.05) is 22.9 Å². The number of nitrogens with one attached hydrogen (secondary N) is 1. The highest BCUT2D eigenvalue weighted by Crippen LogP contribution is 2.35. The summed E-state index contributed by atoms with van der Waals surface area (Å²) < 4.78 is 20.2. The molecule has 0 aliphatic rings. The van der Waals surface area contributed by atoms with Gasteiger partial charge in [0.2, 0.25) is 0 Å². The standard InChI is InChI=1S/C18H13FN2O2S3/c1-23-8-10-15-11(19)4-2-5-14(15)26-16(10)17(22)21-18-20-12(9-25-18)13-6-3-7-24-13/h2-7,9H,8H2,1H3,(H,20,21,22). The van der Waals surface area contributed by atoms with Gasteiger partial charge in [0, 0.05) is 28.1 Å². The van der Waals surface area contributed by atoms with Crippen molar-refractivity contribution in [3.63, 3.8) is 0 Å². The molecule has 0 unspecified atom stereocenters. The number of thiophene rings is 2. The number of rotatable bonds is 5. The van der Waals surface area contributed by atoms with E-state index < -0.39 is 0 Å².